The lowest BCUT2D eigenvalue weighted by Crippen LogP contribution is -2.32. The first-order valence-electron chi connectivity index (χ1n) is 10.9. The van der Waals surface area contributed by atoms with E-state index in [9.17, 15) is 9.18 Å². The Bertz CT molecular complexity index is 1240. The molecule has 33 heavy (non-hydrogen) atoms. The largest absolute Gasteiger partial charge is 0.496 e. The highest BCUT2D eigenvalue weighted by Gasteiger charge is 2.27. The van der Waals surface area contributed by atoms with Gasteiger partial charge in [0.05, 0.1) is 18.2 Å². The number of hydrogen-bond donors (Lipinski definition) is 1. The minimum Gasteiger partial charge on any atom is -0.496 e. The number of methoxy groups -OCH3 is 1. The molecular formula is C27H28FNO3S. The summed E-state index contributed by atoms with van der Waals surface area (Å²) in [6.45, 7) is 8.42. The molecule has 4 nitrogen and oxygen atoms in total. The fourth-order valence-electron chi connectivity index (χ4n) is 4.38. The quantitative estimate of drug-likeness (QED) is 0.395. The Balaban J connectivity index is 1.80. The molecule has 0 amide bonds. The molecular weight excluding hydrogens is 437 g/mol. The van der Waals surface area contributed by atoms with Crippen molar-refractivity contribution in [2.24, 2.45) is 0 Å². The number of aryl methyl sites for hydroxylation is 1. The van der Waals surface area contributed by atoms with Crippen LogP contribution in [0, 0.1) is 5.82 Å². The topological polar surface area (TPSA) is 47.6 Å². The molecule has 6 heteroatoms. The van der Waals surface area contributed by atoms with Crippen molar-refractivity contribution >= 4 is 28.6 Å². The number of esters is 1. The summed E-state index contributed by atoms with van der Waals surface area (Å²) in [4.78, 5) is 13.9. The number of fused-ring (bicyclic) bond motifs is 1. The highest BCUT2D eigenvalue weighted by atomic mass is 32.1. The molecule has 0 unspecified atom stereocenters. The van der Waals surface area contributed by atoms with Crippen LogP contribution in [0.15, 0.2) is 47.9 Å². The third-order valence-corrected chi connectivity index (χ3v) is 6.86. The minimum absolute atomic E-state index is 0.0858. The number of nitrogens with one attached hydrogen (secondary N) is 1. The van der Waals surface area contributed by atoms with E-state index in [4.69, 9.17) is 9.47 Å². The number of carbonyl (C=O) groups is 1. The van der Waals surface area contributed by atoms with Gasteiger partial charge in [0.2, 0.25) is 0 Å². The van der Waals surface area contributed by atoms with E-state index in [1.165, 1.54) is 19.2 Å². The zero-order valence-electron chi connectivity index (χ0n) is 19.5. The summed E-state index contributed by atoms with van der Waals surface area (Å²) < 4.78 is 25.1. The molecule has 0 fully saturated rings. The number of rotatable bonds is 6. The molecule has 4 rings (SSSR count). The smallest absolute Gasteiger partial charge is 0.339 e. The highest BCUT2D eigenvalue weighted by molar-refractivity contribution is 7.10. The Morgan fingerprint density at radius 1 is 1.15 bits per heavy atom. The molecule has 2 heterocycles. The number of hydrogen-bond acceptors (Lipinski definition) is 5. The summed E-state index contributed by atoms with van der Waals surface area (Å²) >= 11 is 1.56. The summed E-state index contributed by atoms with van der Waals surface area (Å²) in [6, 6.07) is 10.4. The number of allylic oxidation sites excluding steroid dienone is 1. The molecule has 172 valence electrons. The average Bonchev–Trinajstić information content (AvgIpc) is 3.26. The van der Waals surface area contributed by atoms with Crippen LogP contribution in [0.25, 0.3) is 16.7 Å². The summed E-state index contributed by atoms with van der Waals surface area (Å²) in [5.41, 5.74) is 5.86. The molecule has 0 bridgehead atoms. The summed E-state index contributed by atoms with van der Waals surface area (Å²) in [5.74, 6) is -0.296. The van der Waals surface area contributed by atoms with E-state index >= 15 is 0 Å². The van der Waals surface area contributed by atoms with Gasteiger partial charge in [0.1, 0.15) is 18.2 Å². The van der Waals surface area contributed by atoms with Gasteiger partial charge in [-0.1, -0.05) is 19.1 Å². The van der Waals surface area contributed by atoms with E-state index in [1.54, 1.807) is 17.4 Å². The van der Waals surface area contributed by atoms with Gasteiger partial charge in [0.25, 0.3) is 0 Å². The van der Waals surface area contributed by atoms with Crippen LogP contribution >= 0.6 is 11.3 Å². The second-order valence-electron chi connectivity index (χ2n) is 8.76. The standard InChI is InChI=1S/C27H28FNO3S/c1-6-19-11-17(15-33-19)26(30)32-14-22-20(21-8-7-18(28)12-24(21)31-5)9-10-23-25(22)16(2)13-27(3,4)29-23/h7-13,15,29H,6,14H2,1-5H3. The zero-order valence-corrected chi connectivity index (χ0v) is 20.4. The molecule has 0 aliphatic carbocycles. The first-order chi connectivity index (χ1) is 15.7. The second kappa shape index (κ2) is 9.02. The Labute approximate surface area is 198 Å². The van der Waals surface area contributed by atoms with E-state index in [0.29, 0.717) is 11.3 Å². The Hall–Kier alpha value is -3.12. The zero-order chi connectivity index (χ0) is 23.8. The van der Waals surface area contributed by atoms with Crippen molar-refractivity contribution in [3.05, 3.63) is 75.2 Å². The number of halogens is 1. The van der Waals surface area contributed by atoms with Gasteiger partial charge in [-0.15, -0.1) is 11.3 Å². The number of anilines is 1. The molecule has 0 atom stereocenters. The van der Waals surface area contributed by atoms with Gasteiger partial charge >= 0.3 is 5.97 Å². The summed E-state index contributed by atoms with van der Waals surface area (Å²) in [6.07, 6.45) is 3.04. The molecule has 1 aliphatic heterocycles. The molecule has 2 aromatic carbocycles. The van der Waals surface area contributed by atoms with E-state index in [-0.39, 0.29) is 23.9 Å². The number of ether oxygens (including phenoxy) is 2. The van der Waals surface area contributed by atoms with Crippen LogP contribution in [0.5, 0.6) is 5.75 Å². The lowest BCUT2D eigenvalue weighted by atomic mass is 9.85. The number of carbonyl (C=O) groups excluding carboxylic acids is 1. The highest BCUT2D eigenvalue weighted by Crippen LogP contribution is 2.42. The van der Waals surface area contributed by atoms with Crippen molar-refractivity contribution in [1.29, 1.82) is 0 Å². The maximum absolute atomic E-state index is 13.9. The molecule has 3 aromatic rings. The fraction of sp³-hybridized carbons (Fsp3) is 0.296. The van der Waals surface area contributed by atoms with Gasteiger partial charge in [-0.25, -0.2) is 9.18 Å². The van der Waals surface area contributed by atoms with E-state index in [2.05, 4.69) is 39.1 Å². The van der Waals surface area contributed by atoms with Gasteiger partial charge in [0.15, 0.2) is 0 Å². The summed E-state index contributed by atoms with van der Waals surface area (Å²) in [5, 5.41) is 5.38. The van der Waals surface area contributed by atoms with Crippen molar-refractivity contribution in [2.45, 2.75) is 46.3 Å². The molecule has 1 aliphatic rings. The Kier molecular flexibility index (Phi) is 6.30. The van der Waals surface area contributed by atoms with Crippen molar-refractivity contribution in [3.63, 3.8) is 0 Å². The lowest BCUT2D eigenvalue weighted by molar-refractivity contribution is 0.0473. The normalized spacial score (nSPS) is 14.2. The first-order valence-corrected chi connectivity index (χ1v) is 11.8. The van der Waals surface area contributed by atoms with Crippen molar-refractivity contribution < 1.29 is 18.7 Å². The van der Waals surface area contributed by atoms with Crippen LogP contribution in [-0.2, 0) is 17.8 Å². The Morgan fingerprint density at radius 2 is 1.91 bits per heavy atom. The Morgan fingerprint density at radius 3 is 2.61 bits per heavy atom. The third-order valence-electron chi connectivity index (χ3n) is 5.78. The van der Waals surface area contributed by atoms with Crippen LogP contribution in [0.1, 0.15) is 54.1 Å². The third kappa shape index (κ3) is 4.67. The van der Waals surface area contributed by atoms with Gasteiger partial charge in [-0.05, 0) is 62.6 Å². The molecule has 0 saturated carbocycles. The molecule has 1 aromatic heterocycles. The van der Waals surface area contributed by atoms with Crippen LogP contribution < -0.4 is 10.1 Å². The van der Waals surface area contributed by atoms with E-state index in [1.807, 2.05) is 23.6 Å². The number of benzene rings is 2. The fourth-order valence-corrected chi connectivity index (χ4v) is 5.19. The van der Waals surface area contributed by atoms with Gasteiger partial charge in [-0.3, -0.25) is 0 Å². The van der Waals surface area contributed by atoms with E-state index in [0.717, 1.165) is 44.8 Å². The SMILES string of the molecule is CCc1cc(C(=O)OCc2c(-c3ccc(F)cc3OC)ccc3c2C(C)=CC(C)(C)N3)cs1. The van der Waals surface area contributed by atoms with E-state index < -0.39 is 0 Å². The predicted octanol–water partition coefficient (Wildman–Crippen LogP) is 7.09. The molecule has 0 radical (unpaired) electrons. The van der Waals surface area contributed by atoms with Crippen molar-refractivity contribution in [1.82, 2.24) is 0 Å². The average molecular weight is 466 g/mol. The maximum atomic E-state index is 13.9. The van der Waals surface area contributed by atoms with Gasteiger partial charge < -0.3 is 14.8 Å². The minimum atomic E-state index is -0.370. The van der Waals surface area contributed by atoms with Crippen molar-refractivity contribution in [2.75, 3.05) is 12.4 Å². The van der Waals surface area contributed by atoms with Crippen molar-refractivity contribution in [3.8, 4) is 16.9 Å². The molecule has 0 saturated heterocycles. The first kappa shape index (κ1) is 23.1. The number of thiophene rings is 1. The second-order valence-corrected chi connectivity index (χ2v) is 9.76. The van der Waals surface area contributed by atoms with Crippen LogP contribution in [-0.4, -0.2) is 18.6 Å². The summed E-state index contributed by atoms with van der Waals surface area (Å²) in [7, 11) is 1.52. The van der Waals surface area contributed by atoms with Crippen LogP contribution in [0.2, 0.25) is 0 Å². The molecule has 1 N–H and O–H groups in total. The van der Waals surface area contributed by atoms with Gasteiger partial charge in [-0.2, -0.15) is 0 Å². The monoisotopic (exact) mass is 465 g/mol. The predicted molar refractivity (Wildman–Crippen MR) is 133 cm³/mol. The lowest BCUT2D eigenvalue weighted by Gasteiger charge is -2.33. The maximum Gasteiger partial charge on any atom is 0.339 e. The van der Waals surface area contributed by atoms with Gasteiger partial charge in [0, 0.05) is 38.7 Å². The van der Waals surface area contributed by atoms with Crippen LogP contribution in [0.3, 0.4) is 0 Å². The molecule has 0 spiro atoms. The van der Waals surface area contributed by atoms with Crippen LogP contribution in [0.4, 0.5) is 10.1 Å².